The second-order valence-corrected chi connectivity index (χ2v) is 8.24. The van der Waals surface area contributed by atoms with Crippen molar-refractivity contribution in [1.29, 1.82) is 0 Å². The third-order valence-corrected chi connectivity index (χ3v) is 5.58. The van der Waals surface area contributed by atoms with Crippen molar-refractivity contribution in [2.75, 3.05) is 0 Å². The molecule has 0 unspecified atom stereocenters. The molecule has 1 N–H and O–H groups in total. The van der Waals surface area contributed by atoms with Crippen LogP contribution in [0.25, 0.3) is 0 Å². The lowest BCUT2D eigenvalue weighted by molar-refractivity contribution is 0.469. The number of allylic oxidation sites excluding steroid dienone is 1. The van der Waals surface area contributed by atoms with E-state index in [2.05, 4.69) is 6.92 Å². The minimum Gasteiger partial charge on any atom is -0.516 e. The van der Waals surface area contributed by atoms with E-state index in [-0.39, 0.29) is 0 Å². The summed E-state index contributed by atoms with van der Waals surface area (Å²) in [6.07, 6.45) is 34.2. The summed E-state index contributed by atoms with van der Waals surface area (Å²) in [6, 6.07) is 0. The molecule has 0 atom stereocenters. The molecule has 0 rings (SSSR count). The maximum absolute atomic E-state index is 8.55. The van der Waals surface area contributed by atoms with E-state index in [1.165, 1.54) is 141 Å². The smallest absolute Gasteiger partial charge is 0.0751 e. The predicted molar refractivity (Wildman–Crippen MR) is 119 cm³/mol. The molecule has 0 aliphatic carbocycles. The van der Waals surface area contributed by atoms with Gasteiger partial charge in [-0.15, -0.1) is 0 Å². The van der Waals surface area contributed by atoms with Crippen molar-refractivity contribution in [1.82, 2.24) is 0 Å². The van der Waals surface area contributed by atoms with E-state index in [0.717, 1.165) is 6.42 Å². The quantitative estimate of drug-likeness (QED) is 0.149. The largest absolute Gasteiger partial charge is 0.516 e. The number of aliphatic hydroxyl groups is 1. The van der Waals surface area contributed by atoms with E-state index in [1.54, 1.807) is 0 Å². The molecule has 26 heavy (non-hydrogen) atoms. The van der Waals surface area contributed by atoms with Crippen LogP contribution in [-0.2, 0) is 0 Å². The Balaban J connectivity index is 2.97. The van der Waals surface area contributed by atoms with Gasteiger partial charge in [-0.3, -0.25) is 0 Å². The molecule has 156 valence electrons. The summed E-state index contributed by atoms with van der Waals surface area (Å²) in [5.74, 6) is 0. The molecule has 0 aromatic heterocycles. The van der Waals surface area contributed by atoms with Gasteiger partial charge in [-0.2, -0.15) is 0 Å². The molecule has 0 aliphatic rings. The second-order valence-electron chi connectivity index (χ2n) is 8.24. The van der Waals surface area contributed by atoms with Crippen molar-refractivity contribution in [3.63, 3.8) is 0 Å². The average molecular weight is 367 g/mol. The van der Waals surface area contributed by atoms with Crippen molar-refractivity contribution in [2.45, 2.75) is 148 Å². The van der Waals surface area contributed by atoms with Gasteiger partial charge in [0.1, 0.15) is 0 Å². The minimum absolute atomic E-state index is 1.04. The van der Waals surface area contributed by atoms with Gasteiger partial charge in [-0.05, 0) is 12.8 Å². The Morgan fingerprint density at radius 2 is 0.692 bits per heavy atom. The SMILES string of the molecule is CCCCCCCCCCCCCCCCCCCCCCC/C=C/O. The first-order valence-electron chi connectivity index (χ1n) is 12.2. The molecule has 0 heterocycles. The molecule has 0 saturated heterocycles. The predicted octanol–water partition coefficient (Wildman–Crippen LogP) is 9.66. The van der Waals surface area contributed by atoms with E-state index in [0.29, 0.717) is 0 Å². The van der Waals surface area contributed by atoms with Gasteiger partial charge < -0.3 is 5.11 Å². The molecule has 0 aliphatic heterocycles. The van der Waals surface area contributed by atoms with Crippen molar-refractivity contribution >= 4 is 0 Å². The van der Waals surface area contributed by atoms with Gasteiger partial charge >= 0.3 is 0 Å². The molecule has 0 amide bonds. The highest BCUT2D eigenvalue weighted by Crippen LogP contribution is 2.15. The fourth-order valence-electron chi connectivity index (χ4n) is 3.77. The van der Waals surface area contributed by atoms with Gasteiger partial charge in [0.05, 0.1) is 6.26 Å². The zero-order chi connectivity index (χ0) is 19.0. The summed E-state index contributed by atoms with van der Waals surface area (Å²) < 4.78 is 0. The maximum atomic E-state index is 8.55. The summed E-state index contributed by atoms with van der Waals surface area (Å²) in [5, 5.41) is 8.55. The van der Waals surface area contributed by atoms with Gasteiger partial charge in [0, 0.05) is 0 Å². The first-order chi connectivity index (χ1) is 12.9. The molecule has 0 radical (unpaired) electrons. The number of hydrogen-bond acceptors (Lipinski definition) is 1. The summed E-state index contributed by atoms with van der Waals surface area (Å²) in [4.78, 5) is 0. The van der Waals surface area contributed by atoms with Crippen LogP contribution in [0.5, 0.6) is 0 Å². The Morgan fingerprint density at radius 1 is 0.423 bits per heavy atom. The Bertz CT molecular complexity index is 259. The van der Waals surface area contributed by atoms with Crippen LogP contribution in [0.3, 0.4) is 0 Å². The number of rotatable bonds is 22. The molecule has 0 saturated carbocycles. The molecule has 0 fully saturated rings. The third-order valence-electron chi connectivity index (χ3n) is 5.58. The molecule has 0 bridgehead atoms. The highest BCUT2D eigenvalue weighted by Gasteiger charge is 1.95. The molecule has 1 nitrogen and oxygen atoms in total. The van der Waals surface area contributed by atoms with E-state index in [4.69, 9.17) is 5.11 Å². The van der Waals surface area contributed by atoms with Crippen LogP contribution in [0, 0.1) is 0 Å². The number of hydrogen-bond donors (Lipinski definition) is 1. The Hall–Kier alpha value is -0.460. The first kappa shape index (κ1) is 25.5. The van der Waals surface area contributed by atoms with Crippen molar-refractivity contribution in [2.24, 2.45) is 0 Å². The van der Waals surface area contributed by atoms with Gasteiger partial charge in [0.25, 0.3) is 0 Å². The molecule has 1 heteroatoms. The Kier molecular flexibility index (Phi) is 24.1. The zero-order valence-electron chi connectivity index (χ0n) is 18.2. The Morgan fingerprint density at radius 3 is 0.962 bits per heavy atom. The van der Waals surface area contributed by atoms with Crippen LogP contribution in [-0.4, -0.2) is 5.11 Å². The van der Waals surface area contributed by atoms with Crippen molar-refractivity contribution in [3.05, 3.63) is 12.3 Å². The van der Waals surface area contributed by atoms with E-state index in [9.17, 15) is 0 Å². The van der Waals surface area contributed by atoms with Gasteiger partial charge in [0.2, 0.25) is 0 Å². The summed E-state index contributed by atoms with van der Waals surface area (Å²) in [6.45, 7) is 2.30. The van der Waals surface area contributed by atoms with Crippen molar-refractivity contribution in [3.8, 4) is 0 Å². The molecular formula is C25H50O. The van der Waals surface area contributed by atoms with Crippen LogP contribution in [0.1, 0.15) is 148 Å². The summed E-state index contributed by atoms with van der Waals surface area (Å²) in [5.41, 5.74) is 0. The standard InChI is InChI=1S/C25H50O/c1-2-3-4-5-6-7-8-9-10-11-12-13-14-15-16-17-18-19-20-21-22-23-24-25-26/h24-26H,2-23H2,1H3/b25-24+. The fourth-order valence-corrected chi connectivity index (χ4v) is 3.77. The molecule has 0 aromatic carbocycles. The lowest BCUT2D eigenvalue weighted by atomic mass is 10.0. The van der Waals surface area contributed by atoms with Crippen molar-refractivity contribution < 1.29 is 5.11 Å². The lowest BCUT2D eigenvalue weighted by Gasteiger charge is -2.04. The number of unbranched alkanes of at least 4 members (excludes halogenated alkanes) is 21. The Labute approximate surface area is 166 Å². The minimum atomic E-state index is 1.04. The molecule has 0 spiro atoms. The third kappa shape index (κ3) is 23.5. The van der Waals surface area contributed by atoms with Crippen LogP contribution in [0.4, 0.5) is 0 Å². The van der Waals surface area contributed by atoms with Gasteiger partial charge in [-0.25, -0.2) is 0 Å². The normalized spacial score (nSPS) is 11.6. The fraction of sp³-hybridized carbons (Fsp3) is 0.920. The maximum Gasteiger partial charge on any atom is 0.0751 e. The summed E-state index contributed by atoms with van der Waals surface area (Å²) >= 11 is 0. The van der Waals surface area contributed by atoms with Gasteiger partial charge in [-0.1, -0.05) is 141 Å². The van der Waals surface area contributed by atoms with Crippen LogP contribution >= 0.6 is 0 Å². The molecular weight excluding hydrogens is 316 g/mol. The van der Waals surface area contributed by atoms with Crippen LogP contribution in [0.15, 0.2) is 12.3 Å². The van der Waals surface area contributed by atoms with Crippen LogP contribution < -0.4 is 0 Å². The lowest BCUT2D eigenvalue weighted by Crippen LogP contribution is -1.84. The monoisotopic (exact) mass is 366 g/mol. The summed E-state index contributed by atoms with van der Waals surface area (Å²) in [7, 11) is 0. The first-order valence-corrected chi connectivity index (χ1v) is 12.2. The zero-order valence-corrected chi connectivity index (χ0v) is 18.2. The van der Waals surface area contributed by atoms with E-state index >= 15 is 0 Å². The second kappa shape index (κ2) is 24.5. The highest BCUT2D eigenvalue weighted by molar-refractivity contribution is 4.70. The number of aliphatic hydroxyl groups excluding tert-OH is 1. The topological polar surface area (TPSA) is 20.2 Å². The highest BCUT2D eigenvalue weighted by atomic mass is 16.2. The van der Waals surface area contributed by atoms with Gasteiger partial charge in [0.15, 0.2) is 0 Å². The van der Waals surface area contributed by atoms with E-state index in [1.807, 2.05) is 6.08 Å². The molecule has 0 aromatic rings. The van der Waals surface area contributed by atoms with E-state index < -0.39 is 0 Å². The van der Waals surface area contributed by atoms with Crippen LogP contribution in [0.2, 0.25) is 0 Å². The average Bonchev–Trinajstić information content (AvgIpc) is 2.66.